The number of carboxylic acids is 1. The molecular weight excluding hydrogens is 204 g/mol. The Morgan fingerprint density at radius 3 is 2.38 bits per heavy atom. The number of hydrogen-bond donors (Lipinski definition) is 1. The summed E-state index contributed by atoms with van der Waals surface area (Å²) in [5.74, 6) is -0.451. The molecule has 0 bridgehead atoms. The van der Waals surface area contributed by atoms with Crippen LogP contribution < -0.4 is 0 Å². The minimum atomic E-state index is -0.645. The van der Waals surface area contributed by atoms with Crippen molar-refractivity contribution < 1.29 is 9.90 Å². The summed E-state index contributed by atoms with van der Waals surface area (Å²) < 4.78 is 0. The Morgan fingerprint density at radius 1 is 1.31 bits per heavy atom. The second kappa shape index (κ2) is 4.72. The van der Waals surface area contributed by atoms with Gasteiger partial charge in [0.2, 0.25) is 0 Å². The van der Waals surface area contributed by atoms with Gasteiger partial charge >= 0.3 is 5.97 Å². The lowest BCUT2D eigenvalue weighted by Crippen LogP contribution is -2.57. The maximum Gasteiger partial charge on any atom is 0.306 e. The number of nitrogens with zero attached hydrogens (tertiary/aromatic N) is 2. The van der Waals surface area contributed by atoms with E-state index in [1.165, 1.54) is 25.9 Å². The van der Waals surface area contributed by atoms with Crippen LogP contribution in [0.25, 0.3) is 0 Å². The first-order chi connectivity index (χ1) is 7.58. The predicted molar refractivity (Wildman–Crippen MR) is 62.4 cm³/mol. The van der Waals surface area contributed by atoms with E-state index >= 15 is 0 Å². The summed E-state index contributed by atoms with van der Waals surface area (Å²) in [7, 11) is 2.17. The average molecular weight is 226 g/mol. The molecule has 0 aromatic carbocycles. The van der Waals surface area contributed by atoms with Crippen molar-refractivity contribution in [3.63, 3.8) is 0 Å². The first-order valence-electron chi connectivity index (χ1n) is 6.23. The fraction of sp³-hybridized carbons (Fsp3) is 0.917. The van der Waals surface area contributed by atoms with Gasteiger partial charge in [0.1, 0.15) is 0 Å². The molecule has 2 saturated heterocycles. The number of carbonyl (C=O) groups is 1. The van der Waals surface area contributed by atoms with Crippen LogP contribution in [0.1, 0.15) is 19.8 Å². The molecule has 0 spiro atoms. The lowest BCUT2D eigenvalue weighted by Gasteiger charge is -2.48. The summed E-state index contributed by atoms with van der Waals surface area (Å²) in [4.78, 5) is 15.7. The quantitative estimate of drug-likeness (QED) is 0.770. The SMILES string of the molecule is CC(C(=O)O)C1CN(C2CCN(C)CC2)C1. The molecule has 4 heteroatoms. The standard InChI is InChI=1S/C12H22N2O2/c1-9(12(15)16)10-7-14(8-10)11-3-5-13(2)6-4-11/h9-11H,3-8H2,1-2H3,(H,15,16). The zero-order chi connectivity index (χ0) is 11.7. The van der Waals surface area contributed by atoms with Gasteiger partial charge in [0, 0.05) is 19.1 Å². The third kappa shape index (κ3) is 2.38. The summed E-state index contributed by atoms with van der Waals surface area (Å²) >= 11 is 0. The van der Waals surface area contributed by atoms with Gasteiger partial charge in [-0.05, 0) is 38.9 Å². The van der Waals surface area contributed by atoms with Gasteiger partial charge in [-0.3, -0.25) is 9.69 Å². The molecule has 0 aromatic heterocycles. The number of hydrogen-bond acceptors (Lipinski definition) is 3. The summed E-state index contributed by atoms with van der Waals surface area (Å²) in [6.07, 6.45) is 2.48. The molecule has 1 N–H and O–H groups in total. The lowest BCUT2D eigenvalue weighted by atomic mass is 9.84. The van der Waals surface area contributed by atoms with E-state index in [9.17, 15) is 4.79 Å². The molecule has 2 rings (SSSR count). The maximum absolute atomic E-state index is 10.8. The van der Waals surface area contributed by atoms with Crippen LogP contribution in [0.5, 0.6) is 0 Å². The normalized spacial score (nSPS) is 27.6. The Hall–Kier alpha value is -0.610. The highest BCUT2D eigenvalue weighted by atomic mass is 16.4. The molecular formula is C12H22N2O2. The van der Waals surface area contributed by atoms with Crippen molar-refractivity contribution in [1.82, 2.24) is 9.80 Å². The van der Waals surface area contributed by atoms with Gasteiger partial charge in [-0.2, -0.15) is 0 Å². The van der Waals surface area contributed by atoms with E-state index in [1.54, 1.807) is 0 Å². The van der Waals surface area contributed by atoms with Crippen molar-refractivity contribution in [2.45, 2.75) is 25.8 Å². The van der Waals surface area contributed by atoms with Crippen LogP contribution in [-0.2, 0) is 4.79 Å². The second-order valence-electron chi connectivity index (χ2n) is 5.38. The van der Waals surface area contributed by atoms with Crippen molar-refractivity contribution in [3.8, 4) is 0 Å². The van der Waals surface area contributed by atoms with E-state index in [-0.39, 0.29) is 5.92 Å². The van der Waals surface area contributed by atoms with Crippen molar-refractivity contribution in [2.24, 2.45) is 11.8 Å². The Balaban J connectivity index is 1.74. The summed E-state index contributed by atoms with van der Waals surface area (Å²) in [5, 5.41) is 8.92. The van der Waals surface area contributed by atoms with Gasteiger partial charge in [-0.1, -0.05) is 6.92 Å². The van der Waals surface area contributed by atoms with Crippen LogP contribution in [0.15, 0.2) is 0 Å². The highest BCUT2D eigenvalue weighted by molar-refractivity contribution is 5.70. The summed E-state index contributed by atoms with van der Waals surface area (Å²) in [5.41, 5.74) is 0. The highest BCUT2D eigenvalue weighted by Crippen LogP contribution is 2.29. The molecule has 2 aliphatic rings. The van der Waals surface area contributed by atoms with E-state index in [0.29, 0.717) is 12.0 Å². The third-order valence-corrected chi connectivity index (χ3v) is 4.24. The van der Waals surface area contributed by atoms with Gasteiger partial charge in [0.25, 0.3) is 0 Å². The molecule has 0 radical (unpaired) electrons. The zero-order valence-corrected chi connectivity index (χ0v) is 10.2. The maximum atomic E-state index is 10.8. The van der Waals surface area contributed by atoms with Crippen LogP contribution in [0, 0.1) is 11.8 Å². The van der Waals surface area contributed by atoms with Crippen LogP contribution in [-0.4, -0.2) is 60.1 Å². The Morgan fingerprint density at radius 2 is 1.88 bits per heavy atom. The average Bonchev–Trinajstić information content (AvgIpc) is 2.18. The van der Waals surface area contributed by atoms with E-state index in [2.05, 4.69) is 16.8 Å². The number of rotatable bonds is 3. The Bertz CT molecular complexity index is 256. The molecule has 2 fully saturated rings. The van der Waals surface area contributed by atoms with Crippen molar-refractivity contribution in [2.75, 3.05) is 33.2 Å². The molecule has 92 valence electrons. The lowest BCUT2D eigenvalue weighted by molar-refractivity contribution is -0.146. The van der Waals surface area contributed by atoms with Gasteiger partial charge < -0.3 is 10.0 Å². The largest absolute Gasteiger partial charge is 0.481 e. The van der Waals surface area contributed by atoms with Crippen molar-refractivity contribution in [3.05, 3.63) is 0 Å². The summed E-state index contributed by atoms with van der Waals surface area (Å²) in [6, 6.07) is 0.702. The predicted octanol–water partition coefficient (Wildman–Crippen LogP) is 0.733. The van der Waals surface area contributed by atoms with Crippen LogP contribution in [0.3, 0.4) is 0 Å². The molecule has 0 saturated carbocycles. The molecule has 0 aliphatic carbocycles. The zero-order valence-electron chi connectivity index (χ0n) is 10.2. The molecule has 16 heavy (non-hydrogen) atoms. The molecule has 1 atom stereocenters. The van der Waals surface area contributed by atoms with Gasteiger partial charge in [0.05, 0.1) is 5.92 Å². The van der Waals surface area contributed by atoms with Crippen molar-refractivity contribution in [1.29, 1.82) is 0 Å². The first-order valence-corrected chi connectivity index (χ1v) is 6.23. The van der Waals surface area contributed by atoms with E-state index in [4.69, 9.17) is 5.11 Å². The Kier molecular flexibility index (Phi) is 3.50. The Labute approximate surface area is 97.2 Å². The van der Waals surface area contributed by atoms with Gasteiger partial charge in [0.15, 0.2) is 0 Å². The molecule has 4 nitrogen and oxygen atoms in total. The number of aliphatic carboxylic acids is 1. The number of likely N-dealkylation sites (tertiary alicyclic amines) is 2. The van der Waals surface area contributed by atoms with Gasteiger partial charge in [-0.15, -0.1) is 0 Å². The fourth-order valence-corrected chi connectivity index (χ4v) is 2.73. The highest BCUT2D eigenvalue weighted by Gasteiger charge is 2.38. The van der Waals surface area contributed by atoms with Crippen LogP contribution in [0.4, 0.5) is 0 Å². The molecule has 2 heterocycles. The fourth-order valence-electron chi connectivity index (χ4n) is 2.73. The molecule has 1 unspecified atom stereocenters. The first kappa shape index (κ1) is 11.9. The molecule has 0 aromatic rings. The smallest absolute Gasteiger partial charge is 0.306 e. The van der Waals surface area contributed by atoms with E-state index in [0.717, 1.165) is 13.1 Å². The number of carboxylic acid groups (broad SMARTS) is 1. The minimum absolute atomic E-state index is 0.178. The van der Waals surface area contributed by atoms with E-state index in [1.807, 2.05) is 6.92 Å². The summed E-state index contributed by atoms with van der Waals surface area (Å²) in [6.45, 7) is 6.17. The van der Waals surface area contributed by atoms with Gasteiger partial charge in [-0.25, -0.2) is 0 Å². The van der Waals surface area contributed by atoms with E-state index < -0.39 is 5.97 Å². The monoisotopic (exact) mass is 226 g/mol. The van der Waals surface area contributed by atoms with Crippen molar-refractivity contribution >= 4 is 5.97 Å². The van der Waals surface area contributed by atoms with Crippen LogP contribution in [0.2, 0.25) is 0 Å². The second-order valence-corrected chi connectivity index (χ2v) is 5.38. The molecule has 0 amide bonds. The third-order valence-electron chi connectivity index (χ3n) is 4.24. The molecule has 2 aliphatic heterocycles. The minimum Gasteiger partial charge on any atom is -0.481 e. The number of piperidine rings is 1. The topological polar surface area (TPSA) is 43.8 Å². The van der Waals surface area contributed by atoms with Crippen LogP contribution >= 0.6 is 0 Å².